The maximum absolute atomic E-state index is 10.4. The molecule has 13 heavy (non-hydrogen) atoms. The van der Waals surface area contributed by atoms with Gasteiger partial charge < -0.3 is 0 Å². The van der Waals surface area contributed by atoms with Crippen molar-refractivity contribution in [2.45, 2.75) is 0 Å². The Balaban J connectivity index is 2.41. The van der Waals surface area contributed by atoms with Gasteiger partial charge in [-0.2, -0.15) is 5.10 Å². The van der Waals surface area contributed by atoms with Gasteiger partial charge in [0.15, 0.2) is 11.3 Å². The summed E-state index contributed by atoms with van der Waals surface area (Å²) < 4.78 is 0. The first-order valence-corrected chi connectivity index (χ1v) is 4.27. The molecule has 0 N–H and O–H groups in total. The summed E-state index contributed by atoms with van der Waals surface area (Å²) in [5.74, 6) is 0.445. The number of carbonyl (C=O) groups is 1. The number of carbonyl (C=O) groups excluding carboxylic acids is 1. The van der Waals surface area contributed by atoms with Crippen molar-refractivity contribution in [2.75, 3.05) is 0 Å². The molecule has 2 aromatic heterocycles. The summed E-state index contributed by atoms with van der Waals surface area (Å²) in [6, 6.07) is 0. The fourth-order valence-corrected chi connectivity index (χ4v) is 1.46. The minimum Gasteiger partial charge on any atom is -0.297 e. The van der Waals surface area contributed by atoms with E-state index in [0.717, 1.165) is 6.29 Å². The molecule has 0 aliphatic carbocycles. The molecule has 0 bridgehead atoms. The van der Waals surface area contributed by atoms with Crippen LogP contribution in [-0.2, 0) is 0 Å². The third-order valence-corrected chi connectivity index (χ3v) is 2.23. The summed E-state index contributed by atoms with van der Waals surface area (Å²) in [5, 5.41) is 8.04. The van der Waals surface area contributed by atoms with Crippen LogP contribution in [0.25, 0.3) is 10.8 Å². The number of rotatable bonds is 2. The van der Waals surface area contributed by atoms with Crippen LogP contribution in [0.3, 0.4) is 0 Å². The standard InChI is InChI=1S/C7H4N4OS/c12-4-5-3-9-7(13-5)6-8-1-2-10-11-6/h1-4H. The highest BCUT2D eigenvalue weighted by atomic mass is 32.1. The smallest absolute Gasteiger partial charge is 0.210 e. The zero-order valence-corrected chi connectivity index (χ0v) is 7.23. The molecule has 5 nitrogen and oxygen atoms in total. The molecule has 0 spiro atoms. The monoisotopic (exact) mass is 192 g/mol. The first-order valence-electron chi connectivity index (χ1n) is 3.45. The number of aldehydes is 1. The van der Waals surface area contributed by atoms with Gasteiger partial charge in [-0.15, -0.1) is 16.4 Å². The average molecular weight is 192 g/mol. The van der Waals surface area contributed by atoms with Gasteiger partial charge in [-0.1, -0.05) is 0 Å². The SMILES string of the molecule is O=Cc1cnc(-c2nccnn2)s1. The molecule has 2 heterocycles. The topological polar surface area (TPSA) is 68.6 Å². The molecule has 0 atom stereocenters. The van der Waals surface area contributed by atoms with E-state index in [1.165, 1.54) is 29.9 Å². The quantitative estimate of drug-likeness (QED) is 0.658. The van der Waals surface area contributed by atoms with Crippen molar-refractivity contribution in [3.05, 3.63) is 23.5 Å². The molecule has 0 fully saturated rings. The van der Waals surface area contributed by atoms with Crippen molar-refractivity contribution < 1.29 is 4.79 Å². The van der Waals surface area contributed by atoms with Crippen molar-refractivity contribution in [3.63, 3.8) is 0 Å². The van der Waals surface area contributed by atoms with Crippen LogP contribution in [0.2, 0.25) is 0 Å². The summed E-state index contributed by atoms with van der Waals surface area (Å²) in [5.41, 5.74) is 0. The van der Waals surface area contributed by atoms with E-state index in [-0.39, 0.29) is 0 Å². The Morgan fingerprint density at radius 2 is 2.23 bits per heavy atom. The summed E-state index contributed by atoms with van der Waals surface area (Å²) in [4.78, 5) is 18.9. The lowest BCUT2D eigenvalue weighted by Gasteiger charge is -1.88. The largest absolute Gasteiger partial charge is 0.297 e. The Hall–Kier alpha value is -1.69. The zero-order valence-electron chi connectivity index (χ0n) is 6.41. The van der Waals surface area contributed by atoms with E-state index in [2.05, 4.69) is 20.2 Å². The first-order chi connectivity index (χ1) is 6.40. The molecule has 0 radical (unpaired) electrons. The van der Waals surface area contributed by atoms with Gasteiger partial charge in [-0.25, -0.2) is 9.97 Å². The van der Waals surface area contributed by atoms with Crippen LogP contribution in [-0.4, -0.2) is 26.5 Å². The summed E-state index contributed by atoms with van der Waals surface area (Å²) in [6.07, 6.45) is 5.25. The summed E-state index contributed by atoms with van der Waals surface area (Å²) in [7, 11) is 0. The van der Waals surface area contributed by atoms with Crippen LogP contribution in [0.5, 0.6) is 0 Å². The highest BCUT2D eigenvalue weighted by molar-refractivity contribution is 7.16. The van der Waals surface area contributed by atoms with E-state index >= 15 is 0 Å². The normalized spacial score (nSPS) is 9.85. The van der Waals surface area contributed by atoms with Gasteiger partial charge >= 0.3 is 0 Å². The van der Waals surface area contributed by atoms with E-state index in [4.69, 9.17) is 0 Å². The van der Waals surface area contributed by atoms with Gasteiger partial charge in [0.1, 0.15) is 0 Å². The lowest BCUT2D eigenvalue weighted by molar-refractivity contribution is 0.112. The van der Waals surface area contributed by atoms with Crippen molar-refractivity contribution in [1.29, 1.82) is 0 Å². The van der Waals surface area contributed by atoms with Crippen molar-refractivity contribution >= 4 is 17.6 Å². The minimum atomic E-state index is 0.445. The second-order valence-corrected chi connectivity index (χ2v) is 3.21. The highest BCUT2D eigenvalue weighted by Gasteiger charge is 2.05. The molecule has 0 amide bonds. The lowest BCUT2D eigenvalue weighted by atomic mass is 10.6. The van der Waals surface area contributed by atoms with E-state index in [9.17, 15) is 4.79 Å². The predicted molar refractivity (Wildman–Crippen MR) is 46.3 cm³/mol. The van der Waals surface area contributed by atoms with Crippen LogP contribution in [0, 0.1) is 0 Å². The van der Waals surface area contributed by atoms with E-state index < -0.39 is 0 Å². The molecule has 0 aromatic carbocycles. The molecule has 2 rings (SSSR count). The van der Waals surface area contributed by atoms with Gasteiger partial charge in [0.25, 0.3) is 0 Å². The van der Waals surface area contributed by atoms with Crippen LogP contribution in [0.1, 0.15) is 9.67 Å². The van der Waals surface area contributed by atoms with Gasteiger partial charge in [0.2, 0.25) is 5.82 Å². The van der Waals surface area contributed by atoms with E-state index in [1.54, 1.807) is 0 Å². The molecule has 0 aliphatic heterocycles. The second kappa shape index (κ2) is 3.36. The fourth-order valence-electron chi connectivity index (χ4n) is 0.790. The van der Waals surface area contributed by atoms with Crippen molar-refractivity contribution in [1.82, 2.24) is 20.2 Å². The molecule has 0 saturated heterocycles. The third-order valence-electron chi connectivity index (χ3n) is 1.31. The van der Waals surface area contributed by atoms with Crippen LogP contribution >= 0.6 is 11.3 Å². The van der Waals surface area contributed by atoms with Crippen molar-refractivity contribution in [2.24, 2.45) is 0 Å². The Bertz CT molecular complexity index is 413. The molecule has 0 aliphatic rings. The third kappa shape index (κ3) is 1.57. The number of aromatic nitrogens is 4. The maximum atomic E-state index is 10.4. The van der Waals surface area contributed by atoms with E-state index in [1.807, 2.05) is 0 Å². The summed E-state index contributed by atoms with van der Waals surface area (Å²) >= 11 is 1.24. The van der Waals surface area contributed by atoms with Crippen molar-refractivity contribution in [3.8, 4) is 10.8 Å². The Labute approximate surface area is 77.5 Å². The molecule has 0 saturated carbocycles. The number of hydrogen-bond donors (Lipinski definition) is 0. The average Bonchev–Trinajstić information content (AvgIpc) is 2.67. The fraction of sp³-hybridized carbons (Fsp3) is 0. The van der Waals surface area contributed by atoms with Gasteiger partial charge in [-0.05, 0) is 0 Å². The first kappa shape index (κ1) is 7.93. The molecular formula is C7H4N4OS. The Kier molecular flexibility index (Phi) is 2.05. The minimum absolute atomic E-state index is 0.445. The number of nitrogens with zero attached hydrogens (tertiary/aromatic N) is 4. The van der Waals surface area contributed by atoms with Gasteiger partial charge in [-0.3, -0.25) is 4.79 Å². The molecule has 2 aromatic rings. The van der Waals surface area contributed by atoms with Gasteiger partial charge in [0, 0.05) is 12.4 Å². The van der Waals surface area contributed by atoms with E-state index in [0.29, 0.717) is 15.7 Å². The predicted octanol–water partition coefficient (Wildman–Crippen LogP) is 0.808. The molecule has 64 valence electrons. The molecule has 0 unspecified atom stereocenters. The molecule has 6 heteroatoms. The van der Waals surface area contributed by atoms with Crippen LogP contribution < -0.4 is 0 Å². The number of thiazole rings is 1. The van der Waals surface area contributed by atoms with Crippen LogP contribution in [0.4, 0.5) is 0 Å². The zero-order chi connectivity index (χ0) is 9.10. The summed E-state index contributed by atoms with van der Waals surface area (Å²) in [6.45, 7) is 0. The lowest BCUT2D eigenvalue weighted by Crippen LogP contribution is -1.88. The maximum Gasteiger partial charge on any atom is 0.210 e. The Morgan fingerprint density at radius 3 is 2.85 bits per heavy atom. The number of hydrogen-bond acceptors (Lipinski definition) is 6. The highest BCUT2D eigenvalue weighted by Crippen LogP contribution is 2.19. The van der Waals surface area contributed by atoms with Crippen LogP contribution in [0.15, 0.2) is 18.6 Å². The second-order valence-electron chi connectivity index (χ2n) is 2.15. The van der Waals surface area contributed by atoms with Gasteiger partial charge in [0.05, 0.1) is 11.1 Å². The molecular weight excluding hydrogens is 188 g/mol. The Morgan fingerprint density at radius 1 is 1.31 bits per heavy atom.